The molecule has 0 aliphatic carbocycles. The summed E-state index contributed by atoms with van der Waals surface area (Å²) < 4.78 is 0. The van der Waals surface area contributed by atoms with Crippen LogP contribution in [0.1, 0.15) is 10.4 Å². The van der Waals surface area contributed by atoms with Crippen LogP contribution in [0.4, 0.5) is 0 Å². The number of nitrogens with zero attached hydrogens (tertiary/aromatic N) is 2. The average molecular weight is 233 g/mol. The Balaban J connectivity index is 2.06. The molecule has 92 valence electrons. The molecule has 1 fully saturated rings. The molecule has 4 heteroatoms. The van der Waals surface area contributed by atoms with E-state index in [-0.39, 0.29) is 11.9 Å². The van der Waals surface area contributed by atoms with E-state index >= 15 is 0 Å². The minimum Gasteiger partial charge on any atom is -0.336 e. The van der Waals surface area contributed by atoms with E-state index in [1.807, 2.05) is 35.2 Å². The Morgan fingerprint density at radius 2 is 2.06 bits per heavy atom. The number of rotatable bonds is 2. The van der Waals surface area contributed by atoms with Crippen LogP contribution in [0.2, 0.25) is 0 Å². The molecule has 1 aliphatic rings. The van der Waals surface area contributed by atoms with E-state index in [0.717, 1.165) is 25.2 Å². The van der Waals surface area contributed by atoms with Gasteiger partial charge in [0.1, 0.15) is 0 Å². The molecule has 1 saturated heterocycles. The summed E-state index contributed by atoms with van der Waals surface area (Å²) in [7, 11) is 2.06. The van der Waals surface area contributed by atoms with E-state index in [9.17, 15) is 4.79 Å². The maximum atomic E-state index is 12.2. The van der Waals surface area contributed by atoms with Gasteiger partial charge in [0, 0.05) is 37.8 Å². The highest BCUT2D eigenvalue weighted by molar-refractivity contribution is 5.94. The molecule has 1 amide bonds. The van der Waals surface area contributed by atoms with Gasteiger partial charge in [0.25, 0.3) is 5.91 Å². The SMILES string of the molecule is CN1CCN(C(=O)c2ccccc2)CC1CN. The Labute approximate surface area is 102 Å². The van der Waals surface area contributed by atoms with Crippen LogP contribution in [0, 0.1) is 0 Å². The fraction of sp³-hybridized carbons (Fsp3) is 0.462. The number of amides is 1. The van der Waals surface area contributed by atoms with Gasteiger partial charge in [0.05, 0.1) is 0 Å². The zero-order chi connectivity index (χ0) is 12.3. The second kappa shape index (κ2) is 5.29. The van der Waals surface area contributed by atoms with Crippen LogP contribution in [-0.2, 0) is 0 Å². The van der Waals surface area contributed by atoms with Crippen molar-refractivity contribution in [2.45, 2.75) is 6.04 Å². The minimum absolute atomic E-state index is 0.108. The third-order valence-electron chi connectivity index (χ3n) is 3.36. The molecule has 1 unspecified atom stereocenters. The molecule has 1 aromatic rings. The molecular weight excluding hydrogens is 214 g/mol. The van der Waals surface area contributed by atoms with Crippen molar-refractivity contribution in [1.29, 1.82) is 0 Å². The highest BCUT2D eigenvalue weighted by atomic mass is 16.2. The maximum Gasteiger partial charge on any atom is 0.253 e. The first-order valence-corrected chi connectivity index (χ1v) is 5.97. The Morgan fingerprint density at radius 3 is 2.71 bits per heavy atom. The normalized spacial score (nSPS) is 21.5. The number of likely N-dealkylation sites (N-methyl/N-ethyl adjacent to an activating group) is 1. The van der Waals surface area contributed by atoms with E-state index in [2.05, 4.69) is 11.9 Å². The van der Waals surface area contributed by atoms with Crippen molar-refractivity contribution >= 4 is 5.91 Å². The first-order chi connectivity index (χ1) is 8.22. The first-order valence-electron chi connectivity index (χ1n) is 5.97. The quantitative estimate of drug-likeness (QED) is 0.804. The van der Waals surface area contributed by atoms with Crippen LogP contribution in [0.15, 0.2) is 30.3 Å². The van der Waals surface area contributed by atoms with Gasteiger partial charge in [0.15, 0.2) is 0 Å². The summed E-state index contributed by atoms with van der Waals surface area (Å²) >= 11 is 0. The van der Waals surface area contributed by atoms with Gasteiger partial charge in [-0.05, 0) is 19.2 Å². The molecule has 0 bridgehead atoms. The molecule has 0 radical (unpaired) electrons. The number of carbonyl (C=O) groups excluding carboxylic acids is 1. The molecular formula is C13H19N3O. The van der Waals surface area contributed by atoms with Crippen molar-refractivity contribution in [1.82, 2.24) is 9.80 Å². The van der Waals surface area contributed by atoms with E-state index in [4.69, 9.17) is 5.73 Å². The molecule has 0 aromatic heterocycles. The topological polar surface area (TPSA) is 49.6 Å². The van der Waals surface area contributed by atoms with Crippen LogP contribution >= 0.6 is 0 Å². The van der Waals surface area contributed by atoms with E-state index < -0.39 is 0 Å². The molecule has 0 saturated carbocycles. The summed E-state index contributed by atoms with van der Waals surface area (Å²) in [4.78, 5) is 16.3. The Kier molecular flexibility index (Phi) is 3.76. The van der Waals surface area contributed by atoms with Crippen LogP contribution in [0.5, 0.6) is 0 Å². The molecule has 1 atom stereocenters. The second-order valence-electron chi connectivity index (χ2n) is 4.49. The van der Waals surface area contributed by atoms with Crippen molar-refractivity contribution in [2.75, 3.05) is 33.2 Å². The first kappa shape index (κ1) is 12.1. The standard InChI is InChI=1S/C13H19N3O/c1-15-7-8-16(10-12(15)9-14)13(17)11-5-3-2-4-6-11/h2-6,12H,7-10,14H2,1H3. The summed E-state index contributed by atoms with van der Waals surface area (Å²) in [5.41, 5.74) is 6.47. The van der Waals surface area contributed by atoms with E-state index in [1.54, 1.807) is 0 Å². The summed E-state index contributed by atoms with van der Waals surface area (Å²) in [6.45, 7) is 2.98. The molecule has 0 spiro atoms. The van der Waals surface area contributed by atoms with E-state index in [0.29, 0.717) is 6.54 Å². The molecule has 17 heavy (non-hydrogen) atoms. The summed E-state index contributed by atoms with van der Waals surface area (Å²) in [6, 6.07) is 9.70. The molecule has 1 aromatic carbocycles. The van der Waals surface area contributed by atoms with Crippen LogP contribution in [0.3, 0.4) is 0 Å². The molecule has 2 N–H and O–H groups in total. The lowest BCUT2D eigenvalue weighted by Gasteiger charge is -2.38. The van der Waals surface area contributed by atoms with Crippen molar-refractivity contribution < 1.29 is 4.79 Å². The van der Waals surface area contributed by atoms with Crippen LogP contribution < -0.4 is 5.73 Å². The van der Waals surface area contributed by atoms with Crippen LogP contribution in [-0.4, -0.2) is 55.0 Å². The van der Waals surface area contributed by atoms with Gasteiger partial charge >= 0.3 is 0 Å². The van der Waals surface area contributed by atoms with Gasteiger partial charge in [-0.15, -0.1) is 0 Å². The summed E-state index contributed by atoms with van der Waals surface area (Å²) in [5, 5.41) is 0. The number of hydrogen-bond donors (Lipinski definition) is 1. The predicted octanol–water partition coefficient (Wildman–Crippen LogP) is 0.402. The number of piperazine rings is 1. The van der Waals surface area contributed by atoms with Crippen molar-refractivity contribution in [3.8, 4) is 0 Å². The maximum absolute atomic E-state index is 12.2. The Hall–Kier alpha value is -1.39. The van der Waals surface area contributed by atoms with Crippen molar-refractivity contribution in [3.63, 3.8) is 0 Å². The predicted molar refractivity (Wildman–Crippen MR) is 67.8 cm³/mol. The zero-order valence-electron chi connectivity index (χ0n) is 10.2. The van der Waals surface area contributed by atoms with Gasteiger partial charge in [-0.25, -0.2) is 0 Å². The third-order valence-corrected chi connectivity index (χ3v) is 3.36. The monoisotopic (exact) mass is 233 g/mol. The summed E-state index contributed by atoms with van der Waals surface area (Å²) in [5.74, 6) is 0.108. The van der Waals surface area contributed by atoms with Gasteiger partial charge in [0.2, 0.25) is 0 Å². The van der Waals surface area contributed by atoms with Crippen LogP contribution in [0.25, 0.3) is 0 Å². The largest absolute Gasteiger partial charge is 0.336 e. The molecule has 1 heterocycles. The fourth-order valence-corrected chi connectivity index (χ4v) is 2.15. The highest BCUT2D eigenvalue weighted by Gasteiger charge is 2.26. The average Bonchev–Trinajstić information content (AvgIpc) is 2.39. The van der Waals surface area contributed by atoms with Crippen molar-refractivity contribution in [2.24, 2.45) is 5.73 Å². The Bertz CT molecular complexity index is 380. The smallest absolute Gasteiger partial charge is 0.253 e. The van der Waals surface area contributed by atoms with Gasteiger partial charge in [-0.2, -0.15) is 0 Å². The lowest BCUT2D eigenvalue weighted by molar-refractivity contribution is 0.0560. The molecule has 4 nitrogen and oxygen atoms in total. The van der Waals surface area contributed by atoms with E-state index in [1.165, 1.54) is 0 Å². The van der Waals surface area contributed by atoms with Gasteiger partial charge in [-0.3, -0.25) is 9.69 Å². The molecule has 1 aliphatic heterocycles. The third kappa shape index (κ3) is 2.65. The minimum atomic E-state index is 0.108. The number of nitrogens with two attached hydrogens (primary N) is 1. The fourth-order valence-electron chi connectivity index (χ4n) is 2.15. The Morgan fingerprint density at radius 1 is 1.35 bits per heavy atom. The zero-order valence-corrected chi connectivity index (χ0v) is 10.2. The number of carbonyl (C=O) groups is 1. The van der Waals surface area contributed by atoms with Gasteiger partial charge in [-0.1, -0.05) is 18.2 Å². The van der Waals surface area contributed by atoms with Crippen molar-refractivity contribution in [3.05, 3.63) is 35.9 Å². The lowest BCUT2D eigenvalue weighted by Crippen LogP contribution is -2.55. The number of hydrogen-bond acceptors (Lipinski definition) is 3. The van der Waals surface area contributed by atoms with Gasteiger partial charge < -0.3 is 10.6 Å². The lowest BCUT2D eigenvalue weighted by atomic mass is 10.1. The molecule has 2 rings (SSSR count). The number of benzene rings is 1. The second-order valence-corrected chi connectivity index (χ2v) is 4.49. The highest BCUT2D eigenvalue weighted by Crippen LogP contribution is 2.11. The summed E-state index contributed by atoms with van der Waals surface area (Å²) in [6.07, 6.45) is 0.